The monoisotopic (exact) mass is 347 g/mol. The lowest BCUT2D eigenvalue weighted by molar-refractivity contribution is -0.111. The van der Waals surface area contributed by atoms with Crippen molar-refractivity contribution in [1.82, 2.24) is 0 Å². The normalized spacial score (nSPS) is 10.8. The number of anilines is 1. The fraction of sp³-hybridized carbons (Fsp3) is 0.222. The highest BCUT2D eigenvalue weighted by Gasteiger charge is 2.21. The van der Waals surface area contributed by atoms with Gasteiger partial charge in [-0.25, -0.2) is 9.18 Å². The lowest BCUT2D eigenvalue weighted by atomic mass is 10.1. The van der Waals surface area contributed by atoms with Crippen LogP contribution < -0.4 is 5.32 Å². The Kier molecular flexibility index (Phi) is 5.87. The Labute approximate surface area is 144 Å². The van der Waals surface area contributed by atoms with Crippen LogP contribution in [0.25, 0.3) is 6.08 Å². The molecule has 0 spiro atoms. The molecule has 126 valence electrons. The smallest absolute Gasteiger partial charge is 0.341 e. The van der Waals surface area contributed by atoms with E-state index in [1.54, 1.807) is 25.1 Å². The molecule has 6 heteroatoms. The van der Waals surface area contributed by atoms with Crippen molar-refractivity contribution >= 4 is 34.3 Å². The number of carbonyl (C=O) groups is 2. The van der Waals surface area contributed by atoms with Gasteiger partial charge < -0.3 is 10.1 Å². The number of ether oxygens (including phenoxy) is 1. The Balaban J connectivity index is 2.19. The van der Waals surface area contributed by atoms with Gasteiger partial charge in [0.05, 0.1) is 12.2 Å². The predicted octanol–water partition coefficient (Wildman–Crippen LogP) is 4.33. The van der Waals surface area contributed by atoms with Gasteiger partial charge in [-0.1, -0.05) is 18.2 Å². The molecule has 0 aliphatic rings. The molecular weight excluding hydrogens is 329 g/mol. The summed E-state index contributed by atoms with van der Waals surface area (Å²) < 4.78 is 18.6. The van der Waals surface area contributed by atoms with E-state index >= 15 is 0 Å². The minimum absolute atomic E-state index is 0.258. The fourth-order valence-electron chi connectivity index (χ4n) is 2.09. The first kappa shape index (κ1) is 17.9. The maximum absolute atomic E-state index is 13.5. The molecule has 0 atom stereocenters. The number of amides is 1. The molecule has 2 rings (SSSR count). The molecule has 24 heavy (non-hydrogen) atoms. The van der Waals surface area contributed by atoms with Crippen LogP contribution in [0.3, 0.4) is 0 Å². The number of hydrogen-bond acceptors (Lipinski definition) is 4. The van der Waals surface area contributed by atoms with Gasteiger partial charge >= 0.3 is 5.97 Å². The Morgan fingerprint density at radius 2 is 2.00 bits per heavy atom. The van der Waals surface area contributed by atoms with Crippen LogP contribution in [0.1, 0.15) is 33.3 Å². The van der Waals surface area contributed by atoms with Gasteiger partial charge in [-0.2, -0.15) is 0 Å². The molecule has 0 aliphatic heterocycles. The Hall–Kier alpha value is -2.47. The highest BCUT2D eigenvalue weighted by atomic mass is 32.1. The Morgan fingerprint density at radius 3 is 2.67 bits per heavy atom. The number of nitrogens with one attached hydrogen (secondary N) is 1. The summed E-state index contributed by atoms with van der Waals surface area (Å²) >= 11 is 1.31. The molecule has 1 amide bonds. The second kappa shape index (κ2) is 7.88. The zero-order valence-electron chi connectivity index (χ0n) is 13.7. The largest absolute Gasteiger partial charge is 0.462 e. The molecule has 0 radical (unpaired) electrons. The molecule has 0 bridgehead atoms. The lowest BCUT2D eigenvalue weighted by Gasteiger charge is -2.05. The van der Waals surface area contributed by atoms with Crippen molar-refractivity contribution in [2.75, 3.05) is 11.9 Å². The summed E-state index contributed by atoms with van der Waals surface area (Å²) in [5.41, 5.74) is 1.47. The van der Waals surface area contributed by atoms with Crippen molar-refractivity contribution in [2.45, 2.75) is 20.8 Å². The average molecular weight is 347 g/mol. The lowest BCUT2D eigenvalue weighted by Crippen LogP contribution is -2.12. The summed E-state index contributed by atoms with van der Waals surface area (Å²) in [6.45, 7) is 5.66. The van der Waals surface area contributed by atoms with Gasteiger partial charge in [0.1, 0.15) is 10.8 Å². The molecule has 0 saturated carbocycles. The van der Waals surface area contributed by atoms with E-state index in [4.69, 9.17) is 4.74 Å². The first-order chi connectivity index (χ1) is 11.4. The predicted molar refractivity (Wildman–Crippen MR) is 93.8 cm³/mol. The van der Waals surface area contributed by atoms with E-state index in [0.717, 1.165) is 10.4 Å². The van der Waals surface area contributed by atoms with Gasteiger partial charge in [-0.3, -0.25) is 4.79 Å². The fourth-order valence-corrected chi connectivity index (χ4v) is 3.14. The summed E-state index contributed by atoms with van der Waals surface area (Å²) in [6.07, 6.45) is 2.62. The van der Waals surface area contributed by atoms with E-state index in [-0.39, 0.29) is 6.61 Å². The number of halogens is 1. The molecule has 0 fully saturated rings. The van der Waals surface area contributed by atoms with Gasteiger partial charge in [0, 0.05) is 16.5 Å². The Bertz CT molecular complexity index is 796. The third-order valence-corrected chi connectivity index (χ3v) is 4.54. The SMILES string of the molecule is CCOC(=O)c1c(NC(=O)/C=C/c2ccccc2F)sc(C)c1C. The van der Waals surface area contributed by atoms with Crippen molar-refractivity contribution in [3.05, 3.63) is 57.7 Å². The van der Waals surface area contributed by atoms with Crippen LogP contribution in [-0.4, -0.2) is 18.5 Å². The van der Waals surface area contributed by atoms with Crippen molar-refractivity contribution in [3.63, 3.8) is 0 Å². The summed E-state index contributed by atoms with van der Waals surface area (Å²) in [5, 5.41) is 3.11. The van der Waals surface area contributed by atoms with Crippen LogP contribution in [-0.2, 0) is 9.53 Å². The number of hydrogen-bond donors (Lipinski definition) is 1. The zero-order valence-corrected chi connectivity index (χ0v) is 14.5. The standard InChI is InChI=1S/C18H18FNO3S/c1-4-23-18(22)16-11(2)12(3)24-17(16)20-15(21)10-9-13-7-5-6-8-14(13)19/h5-10H,4H2,1-3H3,(H,20,21)/b10-9+. The number of aryl methyl sites for hydroxylation is 1. The van der Waals surface area contributed by atoms with Crippen LogP contribution in [0.5, 0.6) is 0 Å². The van der Waals surface area contributed by atoms with E-state index in [0.29, 0.717) is 16.1 Å². The molecule has 4 nitrogen and oxygen atoms in total. The van der Waals surface area contributed by atoms with Crippen LogP contribution in [0.2, 0.25) is 0 Å². The quantitative estimate of drug-likeness (QED) is 0.647. The number of rotatable bonds is 5. The maximum Gasteiger partial charge on any atom is 0.341 e. The molecule has 1 aromatic carbocycles. The summed E-state index contributed by atoms with van der Waals surface area (Å²) in [7, 11) is 0. The molecule has 1 aromatic heterocycles. The molecule has 2 aromatic rings. The van der Waals surface area contributed by atoms with Crippen molar-refractivity contribution in [3.8, 4) is 0 Å². The van der Waals surface area contributed by atoms with Crippen molar-refractivity contribution in [1.29, 1.82) is 0 Å². The van der Waals surface area contributed by atoms with Crippen LogP contribution in [0.4, 0.5) is 9.39 Å². The number of esters is 1. The number of carbonyl (C=O) groups excluding carboxylic acids is 2. The molecule has 1 heterocycles. The highest BCUT2D eigenvalue weighted by molar-refractivity contribution is 7.16. The van der Waals surface area contributed by atoms with E-state index in [2.05, 4.69) is 5.32 Å². The van der Waals surface area contributed by atoms with Crippen LogP contribution in [0, 0.1) is 19.7 Å². The molecule has 0 unspecified atom stereocenters. The van der Waals surface area contributed by atoms with E-state index in [9.17, 15) is 14.0 Å². The maximum atomic E-state index is 13.5. The molecule has 0 saturated heterocycles. The van der Waals surface area contributed by atoms with E-state index in [1.807, 2.05) is 13.8 Å². The number of thiophene rings is 1. The topological polar surface area (TPSA) is 55.4 Å². The molecule has 1 N–H and O–H groups in total. The van der Waals surface area contributed by atoms with E-state index in [1.165, 1.54) is 29.6 Å². The average Bonchev–Trinajstić information content (AvgIpc) is 2.81. The molecule has 0 aliphatic carbocycles. The second-order valence-corrected chi connectivity index (χ2v) is 6.28. The third kappa shape index (κ3) is 4.08. The van der Waals surface area contributed by atoms with Gasteiger partial charge in [0.2, 0.25) is 5.91 Å². The van der Waals surface area contributed by atoms with Crippen LogP contribution >= 0.6 is 11.3 Å². The minimum Gasteiger partial charge on any atom is -0.462 e. The van der Waals surface area contributed by atoms with Gasteiger partial charge in [-0.05, 0) is 38.5 Å². The van der Waals surface area contributed by atoms with Crippen molar-refractivity contribution < 1.29 is 18.7 Å². The van der Waals surface area contributed by atoms with E-state index < -0.39 is 17.7 Å². The summed E-state index contributed by atoms with van der Waals surface area (Å²) in [4.78, 5) is 25.1. The summed E-state index contributed by atoms with van der Waals surface area (Å²) in [5.74, 6) is -1.31. The first-order valence-corrected chi connectivity index (χ1v) is 8.26. The Morgan fingerprint density at radius 1 is 1.29 bits per heavy atom. The molecular formula is C18H18FNO3S. The van der Waals surface area contributed by atoms with Crippen molar-refractivity contribution in [2.24, 2.45) is 0 Å². The van der Waals surface area contributed by atoms with Crippen LogP contribution in [0.15, 0.2) is 30.3 Å². The number of benzene rings is 1. The summed E-state index contributed by atoms with van der Waals surface area (Å²) in [6, 6.07) is 6.16. The third-order valence-electron chi connectivity index (χ3n) is 3.42. The zero-order chi connectivity index (χ0) is 17.7. The van der Waals surface area contributed by atoms with Gasteiger partial charge in [0.25, 0.3) is 0 Å². The van der Waals surface area contributed by atoms with Gasteiger partial charge in [-0.15, -0.1) is 11.3 Å². The second-order valence-electron chi connectivity index (χ2n) is 5.05. The highest BCUT2D eigenvalue weighted by Crippen LogP contribution is 2.33. The first-order valence-electron chi connectivity index (χ1n) is 7.44. The van der Waals surface area contributed by atoms with Gasteiger partial charge in [0.15, 0.2) is 0 Å². The minimum atomic E-state index is -0.465.